The Labute approximate surface area is 123 Å². The van der Waals surface area contributed by atoms with Gasteiger partial charge in [0, 0.05) is 5.02 Å². The minimum atomic E-state index is -1.09. The number of carboxylic acid groups (broad SMARTS) is 1. The molecule has 0 radical (unpaired) electrons. The Morgan fingerprint density at radius 1 is 1.35 bits per heavy atom. The molecule has 0 atom stereocenters. The summed E-state index contributed by atoms with van der Waals surface area (Å²) in [6.45, 7) is 1.87. The lowest BCUT2D eigenvalue weighted by atomic mass is 9.97. The first-order valence-corrected chi connectivity index (χ1v) is 7.11. The van der Waals surface area contributed by atoms with Crippen molar-refractivity contribution in [2.45, 2.75) is 44.6 Å². The average molecular weight is 296 g/mol. The molecule has 1 aromatic rings. The topological polar surface area (TPSA) is 66.4 Å². The molecule has 0 spiro atoms. The molecule has 108 valence electrons. The Morgan fingerprint density at radius 3 is 2.60 bits per heavy atom. The Morgan fingerprint density at radius 2 is 2.00 bits per heavy atom. The van der Waals surface area contributed by atoms with E-state index in [0.717, 1.165) is 24.0 Å². The highest BCUT2D eigenvalue weighted by molar-refractivity contribution is 6.32. The number of aliphatic carboxylic acids is 1. The fourth-order valence-corrected chi connectivity index (χ4v) is 2.89. The number of carbonyl (C=O) groups is 2. The molecule has 1 aliphatic carbocycles. The highest BCUT2D eigenvalue weighted by atomic mass is 35.5. The van der Waals surface area contributed by atoms with Gasteiger partial charge in [0.25, 0.3) is 0 Å². The summed E-state index contributed by atoms with van der Waals surface area (Å²) in [5.74, 6) is -1.24. The average Bonchev–Trinajstić information content (AvgIpc) is 2.85. The maximum Gasteiger partial charge on any atom is 0.329 e. The van der Waals surface area contributed by atoms with Crippen LogP contribution in [-0.2, 0) is 16.0 Å². The van der Waals surface area contributed by atoms with Gasteiger partial charge in [-0.05, 0) is 30.9 Å². The number of carboxylic acids is 1. The molecule has 5 heteroatoms. The molecule has 20 heavy (non-hydrogen) atoms. The molecule has 4 nitrogen and oxygen atoms in total. The van der Waals surface area contributed by atoms with Crippen LogP contribution in [0.25, 0.3) is 0 Å². The first kappa shape index (κ1) is 14.9. The van der Waals surface area contributed by atoms with E-state index in [4.69, 9.17) is 11.6 Å². The van der Waals surface area contributed by atoms with Crippen LogP contribution in [0, 0.1) is 6.92 Å². The van der Waals surface area contributed by atoms with Gasteiger partial charge in [-0.2, -0.15) is 0 Å². The summed E-state index contributed by atoms with van der Waals surface area (Å²) in [7, 11) is 0. The maximum atomic E-state index is 12.1. The minimum Gasteiger partial charge on any atom is -0.480 e. The number of amides is 1. The number of hydrogen-bond donors (Lipinski definition) is 2. The predicted octanol–water partition coefficient (Wildman–Crippen LogP) is 2.70. The van der Waals surface area contributed by atoms with Gasteiger partial charge in [-0.25, -0.2) is 4.79 Å². The van der Waals surface area contributed by atoms with Gasteiger partial charge in [0.2, 0.25) is 5.91 Å². The first-order chi connectivity index (χ1) is 9.44. The third-order valence-corrected chi connectivity index (χ3v) is 4.41. The largest absolute Gasteiger partial charge is 0.480 e. The van der Waals surface area contributed by atoms with Crippen molar-refractivity contribution < 1.29 is 14.7 Å². The van der Waals surface area contributed by atoms with Crippen molar-refractivity contribution in [1.29, 1.82) is 0 Å². The Hall–Kier alpha value is -1.55. The van der Waals surface area contributed by atoms with E-state index in [2.05, 4.69) is 5.32 Å². The fraction of sp³-hybridized carbons (Fsp3) is 0.467. The van der Waals surface area contributed by atoms with Crippen LogP contribution in [0.1, 0.15) is 36.8 Å². The van der Waals surface area contributed by atoms with Crippen molar-refractivity contribution in [3.63, 3.8) is 0 Å². The van der Waals surface area contributed by atoms with E-state index in [-0.39, 0.29) is 12.3 Å². The summed E-state index contributed by atoms with van der Waals surface area (Å²) in [4.78, 5) is 23.5. The molecule has 1 aromatic carbocycles. The lowest BCUT2D eigenvalue weighted by Gasteiger charge is -2.25. The van der Waals surface area contributed by atoms with Gasteiger partial charge in [0.1, 0.15) is 5.54 Å². The van der Waals surface area contributed by atoms with Crippen molar-refractivity contribution in [3.05, 3.63) is 34.3 Å². The number of halogens is 1. The van der Waals surface area contributed by atoms with Crippen molar-refractivity contribution in [2.75, 3.05) is 0 Å². The molecule has 1 amide bonds. The van der Waals surface area contributed by atoms with Crippen LogP contribution in [0.4, 0.5) is 0 Å². The quantitative estimate of drug-likeness (QED) is 0.897. The van der Waals surface area contributed by atoms with E-state index in [1.807, 2.05) is 19.1 Å². The number of nitrogens with one attached hydrogen (secondary N) is 1. The maximum absolute atomic E-state index is 12.1. The Kier molecular flexibility index (Phi) is 4.33. The number of rotatable bonds is 4. The Balaban J connectivity index is 2.09. The van der Waals surface area contributed by atoms with Crippen LogP contribution in [0.2, 0.25) is 5.02 Å². The van der Waals surface area contributed by atoms with Gasteiger partial charge in [-0.1, -0.05) is 42.6 Å². The van der Waals surface area contributed by atoms with Crippen molar-refractivity contribution in [3.8, 4) is 0 Å². The Bertz CT molecular complexity index is 536. The summed E-state index contributed by atoms with van der Waals surface area (Å²) in [5, 5.41) is 12.6. The van der Waals surface area contributed by atoms with E-state index in [1.54, 1.807) is 6.07 Å². The molecule has 0 bridgehead atoms. The molecule has 2 N–H and O–H groups in total. The monoisotopic (exact) mass is 295 g/mol. The summed E-state index contributed by atoms with van der Waals surface area (Å²) >= 11 is 6.15. The summed E-state index contributed by atoms with van der Waals surface area (Å²) in [5.41, 5.74) is 0.543. The van der Waals surface area contributed by atoms with Gasteiger partial charge in [0.15, 0.2) is 0 Å². The lowest BCUT2D eigenvalue weighted by Crippen LogP contribution is -2.52. The van der Waals surface area contributed by atoms with Crippen LogP contribution in [-0.4, -0.2) is 22.5 Å². The van der Waals surface area contributed by atoms with Crippen LogP contribution in [0.15, 0.2) is 18.2 Å². The molecule has 0 aromatic heterocycles. The van der Waals surface area contributed by atoms with Gasteiger partial charge in [-0.3, -0.25) is 4.79 Å². The molecular formula is C15H18ClNO3. The predicted molar refractivity (Wildman–Crippen MR) is 76.9 cm³/mol. The summed E-state index contributed by atoms with van der Waals surface area (Å²) in [6.07, 6.45) is 2.76. The molecule has 0 aliphatic heterocycles. The molecular weight excluding hydrogens is 278 g/mol. The molecule has 0 heterocycles. The van der Waals surface area contributed by atoms with E-state index < -0.39 is 11.5 Å². The van der Waals surface area contributed by atoms with Crippen LogP contribution >= 0.6 is 11.6 Å². The molecule has 1 saturated carbocycles. The number of carbonyl (C=O) groups excluding carboxylic acids is 1. The van der Waals surface area contributed by atoms with Crippen LogP contribution in [0.3, 0.4) is 0 Å². The van der Waals surface area contributed by atoms with Gasteiger partial charge < -0.3 is 10.4 Å². The van der Waals surface area contributed by atoms with Crippen molar-refractivity contribution in [2.24, 2.45) is 0 Å². The van der Waals surface area contributed by atoms with E-state index >= 15 is 0 Å². The van der Waals surface area contributed by atoms with Crippen LogP contribution < -0.4 is 5.32 Å². The zero-order chi connectivity index (χ0) is 14.8. The molecule has 2 rings (SSSR count). The van der Waals surface area contributed by atoms with Gasteiger partial charge in [0.05, 0.1) is 6.42 Å². The minimum absolute atomic E-state index is 0.107. The van der Waals surface area contributed by atoms with Crippen molar-refractivity contribution in [1.82, 2.24) is 5.32 Å². The highest BCUT2D eigenvalue weighted by Crippen LogP contribution is 2.30. The second kappa shape index (κ2) is 5.83. The fourth-order valence-electron chi connectivity index (χ4n) is 2.70. The number of hydrogen-bond acceptors (Lipinski definition) is 2. The third kappa shape index (κ3) is 2.96. The number of aryl methyl sites for hydroxylation is 1. The van der Waals surface area contributed by atoms with E-state index in [0.29, 0.717) is 17.9 Å². The molecule has 1 fully saturated rings. The summed E-state index contributed by atoms with van der Waals surface area (Å²) < 4.78 is 0. The molecule has 0 unspecified atom stereocenters. The second-order valence-electron chi connectivity index (χ2n) is 5.37. The van der Waals surface area contributed by atoms with Gasteiger partial charge >= 0.3 is 5.97 Å². The highest BCUT2D eigenvalue weighted by Gasteiger charge is 2.42. The first-order valence-electron chi connectivity index (χ1n) is 6.73. The molecule has 0 saturated heterocycles. The normalized spacial score (nSPS) is 16.9. The number of benzene rings is 1. The summed E-state index contributed by atoms with van der Waals surface area (Å²) in [6, 6.07) is 5.50. The molecule has 1 aliphatic rings. The SMILES string of the molecule is Cc1cccc(CC(=O)NC2(C(=O)O)CCCC2)c1Cl. The smallest absolute Gasteiger partial charge is 0.329 e. The third-order valence-electron chi connectivity index (χ3n) is 3.87. The standard InChI is InChI=1S/C15H18ClNO3/c1-10-5-4-6-11(13(10)16)9-12(18)17-15(14(19)20)7-2-3-8-15/h4-6H,2-3,7-9H2,1H3,(H,17,18)(H,19,20). The van der Waals surface area contributed by atoms with Gasteiger partial charge in [-0.15, -0.1) is 0 Å². The van der Waals surface area contributed by atoms with E-state index in [9.17, 15) is 14.7 Å². The zero-order valence-corrected chi connectivity index (χ0v) is 12.2. The zero-order valence-electron chi connectivity index (χ0n) is 11.4. The van der Waals surface area contributed by atoms with Crippen molar-refractivity contribution >= 4 is 23.5 Å². The van der Waals surface area contributed by atoms with Crippen LogP contribution in [0.5, 0.6) is 0 Å². The second-order valence-corrected chi connectivity index (χ2v) is 5.75. The van der Waals surface area contributed by atoms with E-state index in [1.165, 1.54) is 0 Å². The lowest BCUT2D eigenvalue weighted by molar-refractivity contribution is -0.147.